The number of hydrogen-bond donors (Lipinski definition) is 1. The van der Waals surface area contributed by atoms with Crippen molar-refractivity contribution in [1.29, 1.82) is 0 Å². The van der Waals surface area contributed by atoms with Crippen molar-refractivity contribution in [3.05, 3.63) is 121 Å². The minimum Gasteiger partial charge on any atom is -0.344 e. The molecule has 0 unspecified atom stereocenters. The van der Waals surface area contributed by atoms with E-state index in [1.807, 2.05) is 12.1 Å². The fourth-order valence-corrected chi connectivity index (χ4v) is 7.45. The molecule has 3 aromatic carbocycles. The zero-order valence-electron chi connectivity index (χ0n) is 25.4. The molecule has 1 amide bonds. The molecule has 14 heteroatoms. The van der Waals surface area contributed by atoms with Gasteiger partial charge in [0.2, 0.25) is 5.91 Å². The molecule has 3 aliphatic carbocycles. The Hall–Kier alpha value is -4.46. The molecule has 7 nitrogen and oxygen atoms in total. The number of nitrogens with zero attached hydrogens (tertiary/aromatic N) is 4. The van der Waals surface area contributed by atoms with Gasteiger partial charge in [0.1, 0.15) is 35.4 Å². The third-order valence-electron chi connectivity index (χ3n) is 9.53. The number of aromatic nitrogens is 4. The van der Waals surface area contributed by atoms with Gasteiger partial charge < -0.3 is 5.32 Å². The van der Waals surface area contributed by atoms with Crippen molar-refractivity contribution < 1.29 is 31.1 Å². The van der Waals surface area contributed by atoms with Crippen LogP contribution >= 0.6 is 15.9 Å². The van der Waals surface area contributed by atoms with E-state index in [4.69, 9.17) is 4.98 Å². The number of alkyl halides is 4. The molecule has 0 radical (unpaired) electrons. The number of halogens is 7. The predicted octanol–water partition coefficient (Wildman–Crippen LogP) is 7.75. The average molecular weight is 743 g/mol. The van der Waals surface area contributed by atoms with E-state index < -0.39 is 71.3 Å². The summed E-state index contributed by atoms with van der Waals surface area (Å²) in [5, 5.41) is 6.69. The Kier molecular flexibility index (Phi) is 7.50. The summed E-state index contributed by atoms with van der Waals surface area (Å²) in [5.41, 5.74) is -0.300. The highest BCUT2D eigenvalue weighted by Crippen LogP contribution is 2.68. The van der Waals surface area contributed by atoms with Crippen molar-refractivity contribution in [2.75, 3.05) is 0 Å². The lowest BCUT2D eigenvalue weighted by atomic mass is 10.0. The lowest BCUT2D eigenvalue weighted by Crippen LogP contribution is -2.38. The van der Waals surface area contributed by atoms with Crippen LogP contribution in [-0.2, 0) is 23.7 Å². The van der Waals surface area contributed by atoms with Crippen LogP contribution in [0.5, 0.6) is 0 Å². The van der Waals surface area contributed by atoms with Gasteiger partial charge in [-0.1, -0.05) is 28.1 Å². The lowest BCUT2D eigenvalue weighted by molar-refractivity contribution is -0.123. The average Bonchev–Trinajstić information content (AvgIpc) is 3.96. The number of carbonyl (C=O) groups is 1. The number of carbonyl (C=O) groups excluding carboxylic acids is 1. The van der Waals surface area contributed by atoms with Gasteiger partial charge in [-0.05, 0) is 84.7 Å². The number of hydrogen-bond acceptors (Lipinski definition) is 4. The molecule has 0 saturated heterocycles. The maximum absolute atomic E-state index is 15.2. The summed E-state index contributed by atoms with van der Waals surface area (Å²) < 4.78 is 89.5. The van der Waals surface area contributed by atoms with Crippen LogP contribution in [0.1, 0.15) is 77.5 Å². The molecule has 3 aliphatic rings. The highest BCUT2D eigenvalue weighted by Gasteiger charge is 2.67. The van der Waals surface area contributed by atoms with E-state index in [0.29, 0.717) is 26.8 Å². The van der Waals surface area contributed by atoms with Crippen LogP contribution in [0.2, 0.25) is 0 Å². The lowest BCUT2D eigenvalue weighted by Gasteiger charge is -2.24. The van der Waals surface area contributed by atoms with Gasteiger partial charge in [0.05, 0.1) is 22.6 Å². The molecule has 5 aromatic rings. The van der Waals surface area contributed by atoms with Crippen LogP contribution < -0.4 is 10.9 Å². The van der Waals surface area contributed by atoms with Gasteiger partial charge >= 0.3 is 0 Å². The van der Waals surface area contributed by atoms with Gasteiger partial charge in [0, 0.05) is 28.4 Å². The van der Waals surface area contributed by atoms with E-state index in [1.165, 1.54) is 4.57 Å². The summed E-state index contributed by atoms with van der Waals surface area (Å²) in [6, 6.07) is 13.7. The minimum atomic E-state index is -3.45. The van der Waals surface area contributed by atoms with Gasteiger partial charge in [-0.2, -0.15) is 13.9 Å². The number of fused-ring (bicyclic) bond motifs is 4. The Balaban J connectivity index is 1.23. The van der Waals surface area contributed by atoms with Gasteiger partial charge in [-0.15, -0.1) is 0 Å². The van der Waals surface area contributed by atoms with E-state index in [0.717, 1.165) is 30.5 Å². The molecule has 2 saturated carbocycles. The largest absolute Gasteiger partial charge is 0.344 e. The SMILES string of the molecule is O=C(Cn1nc(C(F)F)c2c1C(F)(F)[C@@H]1C[C@H]21)N[C@@H](Cc1cc(F)cc(F)c1)c1nc2cc(Br)ccc2c(=O)n1-c1ccc(C2CC2)cc1. The number of rotatable bonds is 9. The maximum atomic E-state index is 15.2. The molecule has 0 aliphatic heterocycles. The first-order valence-electron chi connectivity index (χ1n) is 15.7. The molecule has 2 heterocycles. The van der Waals surface area contributed by atoms with E-state index in [9.17, 15) is 27.2 Å². The van der Waals surface area contributed by atoms with Crippen LogP contribution in [0.3, 0.4) is 0 Å². The van der Waals surface area contributed by atoms with Crippen molar-refractivity contribution in [3.8, 4) is 5.69 Å². The van der Waals surface area contributed by atoms with Crippen molar-refractivity contribution in [2.24, 2.45) is 5.92 Å². The van der Waals surface area contributed by atoms with Gasteiger partial charge in [-0.3, -0.25) is 18.8 Å². The van der Waals surface area contributed by atoms with Crippen molar-refractivity contribution >= 4 is 32.7 Å². The molecule has 49 heavy (non-hydrogen) atoms. The van der Waals surface area contributed by atoms with Gasteiger partial charge in [0.25, 0.3) is 17.9 Å². The quantitative estimate of drug-likeness (QED) is 0.157. The van der Waals surface area contributed by atoms with Crippen molar-refractivity contribution in [2.45, 2.75) is 62.5 Å². The molecular weight excluding hydrogens is 716 g/mol. The summed E-state index contributed by atoms with van der Waals surface area (Å²) in [5.74, 6) is -7.55. The zero-order valence-corrected chi connectivity index (χ0v) is 27.0. The summed E-state index contributed by atoms with van der Waals surface area (Å²) in [7, 11) is 0. The summed E-state index contributed by atoms with van der Waals surface area (Å²) in [4.78, 5) is 32.6. The third-order valence-corrected chi connectivity index (χ3v) is 10.0. The molecule has 8 rings (SSSR count). The predicted molar refractivity (Wildman–Crippen MR) is 170 cm³/mol. The van der Waals surface area contributed by atoms with E-state index >= 15 is 8.78 Å². The topological polar surface area (TPSA) is 81.8 Å². The Morgan fingerprint density at radius 3 is 2.41 bits per heavy atom. The van der Waals surface area contributed by atoms with Crippen LogP contribution in [-0.4, -0.2) is 25.2 Å². The number of amides is 1. The molecule has 1 N–H and O–H groups in total. The molecule has 252 valence electrons. The highest BCUT2D eigenvalue weighted by molar-refractivity contribution is 9.10. The summed E-state index contributed by atoms with van der Waals surface area (Å²) in [6.45, 7) is -0.850. The van der Waals surface area contributed by atoms with Crippen LogP contribution in [0, 0.1) is 17.6 Å². The van der Waals surface area contributed by atoms with Crippen LogP contribution in [0.25, 0.3) is 16.6 Å². The first kappa shape index (κ1) is 31.8. The summed E-state index contributed by atoms with van der Waals surface area (Å²) in [6.07, 6.45) is -1.22. The second-order valence-corrected chi connectivity index (χ2v) is 13.8. The molecule has 3 atom stereocenters. The Morgan fingerprint density at radius 1 is 1.02 bits per heavy atom. The number of nitrogens with one attached hydrogen (secondary N) is 1. The van der Waals surface area contributed by atoms with Gasteiger partial charge in [-0.25, -0.2) is 22.5 Å². The number of benzene rings is 3. The first-order valence-corrected chi connectivity index (χ1v) is 16.5. The first-order chi connectivity index (χ1) is 23.4. The van der Waals surface area contributed by atoms with Crippen molar-refractivity contribution in [1.82, 2.24) is 24.6 Å². The fraction of sp³-hybridized carbons (Fsp3) is 0.314. The Morgan fingerprint density at radius 2 is 1.73 bits per heavy atom. The van der Waals surface area contributed by atoms with Gasteiger partial charge in [0.15, 0.2) is 0 Å². The normalized spacial score (nSPS) is 19.6. The maximum Gasteiger partial charge on any atom is 0.293 e. The Bertz CT molecular complexity index is 2200. The second-order valence-electron chi connectivity index (χ2n) is 12.9. The van der Waals surface area contributed by atoms with Crippen LogP contribution in [0.15, 0.2) is 69.9 Å². The molecular formula is C35H26BrF6N5O2. The van der Waals surface area contributed by atoms with E-state index in [1.54, 1.807) is 30.3 Å². The molecule has 0 spiro atoms. The third kappa shape index (κ3) is 5.63. The highest BCUT2D eigenvalue weighted by atomic mass is 79.9. The molecule has 2 fully saturated rings. The van der Waals surface area contributed by atoms with Crippen molar-refractivity contribution in [3.63, 3.8) is 0 Å². The molecule has 0 bridgehead atoms. The molecule has 2 aromatic heterocycles. The minimum absolute atomic E-state index is 0.00155. The smallest absolute Gasteiger partial charge is 0.293 e. The standard InChI is InChI=1S/C35H26BrF6N5O2/c36-19-5-8-23-26(12-19)44-33(47(34(23)49)22-6-3-18(4-7-22)17-1-2-17)27(11-16-9-20(37)13-21(38)10-16)43-28(48)15-46-31-29(30(45-46)32(39)40)24-14-25(24)35(31,41)42/h3-10,12-13,17,24-25,27,32H,1-2,11,14-15H2,(H,43,48)/t24-,25+,27-/m0/s1. The Labute approximate surface area is 283 Å². The fourth-order valence-electron chi connectivity index (χ4n) is 7.10. The van der Waals surface area contributed by atoms with Crippen LogP contribution in [0.4, 0.5) is 26.3 Å². The van der Waals surface area contributed by atoms with E-state index in [-0.39, 0.29) is 40.7 Å². The monoisotopic (exact) mass is 741 g/mol. The summed E-state index contributed by atoms with van der Waals surface area (Å²) >= 11 is 3.38. The van der Waals surface area contributed by atoms with E-state index in [2.05, 4.69) is 26.3 Å². The zero-order chi connectivity index (χ0) is 34.4. The second kappa shape index (κ2) is 11.6.